The molecule has 6 nitrogen and oxygen atoms in total. The molecule has 29 heavy (non-hydrogen) atoms. The average molecular weight is 395 g/mol. The quantitative estimate of drug-likeness (QED) is 0.803. The van der Waals surface area contributed by atoms with Crippen LogP contribution in [0.1, 0.15) is 40.5 Å². The van der Waals surface area contributed by atoms with E-state index >= 15 is 0 Å². The number of hydrogen-bond acceptors (Lipinski definition) is 4. The van der Waals surface area contributed by atoms with Crippen molar-refractivity contribution in [1.29, 1.82) is 0 Å². The molecule has 3 saturated heterocycles. The van der Waals surface area contributed by atoms with Gasteiger partial charge in [0.25, 0.3) is 5.91 Å². The minimum Gasteiger partial charge on any atom is -0.381 e. The van der Waals surface area contributed by atoms with Crippen molar-refractivity contribution in [2.24, 2.45) is 18.9 Å². The van der Waals surface area contributed by atoms with E-state index in [1.54, 1.807) is 10.9 Å². The van der Waals surface area contributed by atoms with Crippen LogP contribution in [0.15, 0.2) is 36.5 Å². The Morgan fingerprint density at radius 3 is 2.62 bits per heavy atom. The number of ether oxygens (including phenoxy) is 1. The number of fused-ring (bicyclic) bond motifs is 1. The third kappa shape index (κ3) is 3.28. The summed E-state index contributed by atoms with van der Waals surface area (Å²) in [6, 6.07) is 11.2. The second-order valence-electron chi connectivity index (χ2n) is 8.82. The smallest absolute Gasteiger partial charge is 0.272 e. The molecule has 3 atom stereocenters. The van der Waals surface area contributed by atoms with Gasteiger partial charge in [0.15, 0.2) is 0 Å². The molecule has 4 heterocycles. The molecule has 3 aliphatic heterocycles. The first kappa shape index (κ1) is 18.8. The molecule has 1 aromatic carbocycles. The van der Waals surface area contributed by atoms with Gasteiger partial charge in [-0.25, -0.2) is 0 Å². The number of carbonyl (C=O) groups is 1. The lowest BCUT2D eigenvalue weighted by molar-refractivity contribution is 0.0360. The van der Waals surface area contributed by atoms with Crippen molar-refractivity contribution in [3.8, 4) is 0 Å². The van der Waals surface area contributed by atoms with Crippen LogP contribution in [0, 0.1) is 18.8 Å². The summed E-state index contributed by atoms with van der Waals surface area (Å²) in [6.45, 7) is 6.91. The molecule has 3 aliphatic rings. The highest BCUT2D eigenvalue weighted by Crippen LogP contribution is 2.47. The van der Waals surface area contributed by atoms with Crippen molar-refractivity contribution >= 4 is 5.91 Å². The maximum atomic E-state index is 13.5. The van der Waals surface area contributed by atoms with Crippen molar-refractivity contribution in [3.63, 3.8) is 0 Å². The molecule has 0 unspecified atom stereocenters. The summed E-state index contributed by atoms with van der Waals surface area (Å²) in [5.74, 6) is 1.11. The number of rotatable bonds is 3. The second-order valence-corrected chi connectivity index (χ2v) is 8.82. The van der Waals surface area contributed by atoms with Gasteiger partial charge in [0, 0.05) is 58.1 Å². The molecule has 5 rings (SSSR count). The Morgan fingerprint density at radius 1 is 1.10 bits per heavy atom. The van der Waals surface area contributed by atoms with Gasteiger partial charge in [-0.2, -0.15) is 5.10 Å². The fourth-order valence-electron chi connectivity index (χ4n) is 5.68. The Kier molecular flexibility index (Phi) is 4.92. The van der Waals surface area contributed by atoms with E-state index in [2.05, 4.69) is 46.1 Å². The number of nitrogens with zero attached hydrogens (tertiary/aromatic N) is 4. The van der Waals surface area contributed by atoms with E-state index in [1.807, 2.05) is 13.1 Å². The highest BCUT2D eigenvalue weighted by Gasteiger charge is 2.50. The van der Waals surface area contributed by atoms with Crippen LogP contribution in [-0.2, 0) is 11.8 Å². The molecule has 0 radical (unpaired) electrons. The molecule has 3 fully saturated rings. The summed E-state index contributed by atoms with van der Waals surface area (Å²) in [5.41, 5.74) is 3.24. The molecule has 0 spiro atoms. The molecule has 154 valence electrons. The average Bonchev–Trinajstić information content (AvgIpc) is 3.43. The molecule has 2 aromatic rings. The number of aryl methyl sites for hydroxylation is 2. The number of benzene rings is 1. The Labute approximate surface area is 172 Å². The van der Waals surface area contributed by atoms with Crippen LogP contribution in [-0.4, -0.2) is 64.4 Å². The van der Waals surface area contributed by atoms with Crippen molar-refractivity contribution in [2.75, 3.05) is 32.8 Å². The molecular formula is C23H30N4O2. The van der Waals surface area contributed by atoms with Crippen molar-refractivity contribution in [1.82, 2.24) is 19.6 Å². The molecule has 0 saturated carbocycles. The van der Waals surface area contributed by atoms with Gasteiger partial charge in [-0.05, 0) is 42.9 Å². The van der Waals surface area contributed by atoms with Crippen molar-refractivity contribution < 1.29 is 9.53 Å². The van der Waals surface area contributed by atoms with Crippen LogP contribution in [0.4, 0.5) is 0 Å². The zero-order chi connectivity index (χ0) is 20.0. The van der Waals surface area contributed by atoms with Gasteiger partial charge in [0.1, 0.15) is 5.69 Å². The van der Waals surface area contributed by atoms with E-state index in [4.69, 9.17) is 4.74 Å². The van der Waals surface area contributed by atoms with E-state index in [9.17, 15) is 4.79 Å². The summed E-state index contributed by atoms with van der Waals surface area (Å²) in [5, 5.41) is 4.22. The summed E-state index contributed by atoms with van der Waals surface area (Å²) in [7, 11) is 1.85. The minimum absolute atomic E-state index is 0.102. The lowest BCUT2D eigenvalue weighted by Gasteiger charge is -2.34. The number of hydrogen-bond donors (Lipinski definition) is 0. The third-order valence-electron chi connectivity index (χ3n) is 7.21. The number of aromatic nitrogens is 2. The van der Waals surface area contributed by atoms with Crippen LogP contribution in [0.3, 0.4) is 0 Å². The maximum Gasteiger partial charge on any atom is 0.272 e. The van der Waals surface area contributed by atoms with E-state index in [-0.39, 0.29) is 11.9 Å². The Hall–Kier alpha value is -2.18. The lowest BCUT2D eigenvalue weighted by Crippen LogP contribution is -2.41. The SMILES string of the molecule is Cc1ccccc1[C@@H]1[C@H]2CN(C3CCOCC3)C[C@H]2CN1C(=O)c1ccnn1C. The van der Waals surface area contributed by atoms with E-state index < -0.39 is 0 Å². The Balaban J connectivity index is 1.46. The molecule has 0 N–H and O–H groups in total. The van der Waals surface area contributed by atoms with Crippen molar-refractivity contribution in [2.45, 2.75) is 31.8 Å². The number of likely N-dealkylation sites (tertiary alicyclic amines) is 2. The zero-order valence-corrected chi connectivity index (χ0v) is 17.3. The lowest BCUT2D eigenvalue weighted by atomic mass is 9.87. The highest BCUT2D eigenvalue weighted by atomic mass is 16.5. The minimum atomic E-state index is 0.102. The monoisotopic (exact) mass is 394 g/mol. The van der Waals surface area contributed by atoms with Gasteiger partial charge >= 0.3 is 0 Å². The first-order valence-electron chi connectivity index (χ1n) is 10.8. The topological polar surface area (TPSA) is 50.6 Å². The molecule has 0 aliphatic carbocycles. The van der Waals surface area contributed by atoms with Crippen LogP contribution in [0.25, 0.3) is 0 Å². The Bertz CT molecular complexity index is 889. The van der Waals surface area contributed by atoms with E-state index in [1.165, 1.54) is 11.1 Å². The van der Waals surface area contributed by atoms with Gasteiger partial charge in [-0.3, -0.25) is 14.4 Å². The van der Waals surface area contributed by atoms with Gasteiger partial charge in [0.05, 0.1) is 6.04 Å². The van der Waals surface area contributed by atoms with Crippen molar-refractivity contribution in [3.05, 3.63) is 53.3 Å². The molecule has 1 aromatic heterocycles. The predicted molar refractivity (Wildman–Crippen MR) is 111 cm³/mol. The summed E-state index contributed by atoms with van der Waals surface area (Å²) >= 11 is 0. The second kappa shape index (κ2) is 7.58. The predicted octanol–water partition coefficient (Wildman–Crippen LogP) is 2.65. The first-order chi connectivity index (χ1) is 14.1. The third-order valence-corrected chi connectivity index (χ3v) is 7.21. The maximum absolute atomic E-state index is 13.5. The Morgan fingerprint density at radius 2 is 1.90 bits per heavy atom. The highest BCUT2D eigenvalue weighted by molar-refractivity contribution is 5.93. The van der Waals surface area contributed by atoms with E-state index in [0.717, 1.165) is 45.7 Å². The number of carbonyl (C=O) groups excluding carboxylic acids is 1. The van der Waals surface area contributed by atoms with Crippen LogP contribution >= 0.6 is 0 Å². The van der Waals surface area contributed by atoms with Gasteiger partial charge in [-0.15, -0.1) is 0 Å². The van der Waals surface area contributed by atoms with Gasteiger partial charge in [-0.1, -0.05) is 24.3 Å². The fourth-order valence-corrected chi connectivity index (χ4v) is 5.68. The summed E-state index contributed by atoms with van der Waals surface area (Å²) in [6.07, 6.45) is 3.97. The van der Waals surface area contributed by atoms with Crippen LogP contribution in [0.5, 0.6) is 0 Å². The summed E-state index contributed by atoms with van der Waals surface area (Å²) in [4.78, 5) is 18.3. The van der Waals surface area contributed by atoms with Crippen LogP contribution in [0.2, 0.25) is 0 Å². The first-order valence-corrected chi connectivity index (χ1v) is 10.8. The normalized spacial score (nSPS) is 28.1. The van der Waals surface area contributed by atoms with Gasteiger partial charge < -0.3 is 9.64 Å². The van der Waals surface area contributed by atoms with Gasteiger partial charge in [0.2, 0.25) is 0 Å². The largest absolute Gasteiger partial charge is 0.381 e. The molecular weight excluding hydrogens is 364 g/mol. The molecule has 1 amide bonds. The zero-order valence-electron chi connectivity index (χ0n) is 17.3. The standard InChI is InChI=1S/C23H30N4O2/c1-16-5-3-4-6-19(16)22-20-15-26(18-8-11-29-12-9-18)13-17(20)14-27(22)23(28)21-7-10-24-25(21)2/h3-7,10,17-18,20,22H,8-9,11-15H2,1-2H3/t17-,20-,22+/m0/s1. The van der Waals surface area contributed by atoms with Crippen LogP contribution < -0.4 is 0 Å². The fraction of sp³-hybridized carbons (Fsp3) is 0.565. The molecule has 6 heteroatoms. The molecule has 0 bridgehead atoms. The van der Waals surface area contributed by atoms with E-state index in [0.29, 0.717) is 23.6 Å². The number of amides is 1. The summed E-state index contributed by atoms with van der Waals surface area (Å²) < 4.78 is 7.27.